The van der Waals surface area contributed by atoms with Gasteiger partial charge in [0.05, 0.1) is 37.5 Å². The predicted molar refractivity (Wildman–Crippen MR) is 77.2 cm³/mol. The van der Waals surface area contributed by atoms with Crippen LogP contribution in [-0.2, 0) is 11.3 Å². The Morgan fingerprint density at radius 1 is 1.29 bits per heavy atom. The molecule has 1 N–H and O–H groups in total. The van der Waals surface area contributed by atoms with Gasteiger partial charge in [0.25, 0.3) is 5.56 Å². The Kier molecular flexibility index (Phi) is 3.90. The first-order valence-electron chi connectivity index (χ1n) is 7.06. The summed E-state index contributed by atoms with van der Waals surface area (Å²) in [5.74, 6) is 1.77. The minimum absolute atomic E-state index is 0.0439. The number of rotatable bonds is 4. The summed E-state index contributed by atoms with van der Waals surface area (Å²) in [4.78, 5) is 12.0. The maximum atomic E-state index is 12.0. The first-order valence-corrected chi connectivity index (χ1v) is 7.06. The summed E-state index contributed by atoms with van der Waals surface area (Å²) < 4.78 is 12.6. The summed E-state index contributed by atoms with van der Waals surface area (Å²) >= 11 is 0. The van der Waals surface area contributed by atoms with Crippen molar-refractivity contribution in [2.24, 2.45) is 0 Å². The zero-order chi connectivity index (χ0) is 14.8. The van der Waals surface area contributed by atoms with Crippen LogP contribution in [0.4, 0.5) is 0 Å². The summed E-state index contributed by atoms with van der Waals surface area (Å²) in [6.07, 6.45) is 0. The smallest absolute Gasteiger partial charge is 0.267 e. The first-order chi connectivity index (χ1) is 10.1. The molecule has 0 aromatic carbocycles. The third-order valence-corrected chi connectivity index (χ3v) is 3.66. The molecule has 1 fully saturated rings. The fourth-order valence-electron chi connectivity index (χ4n) is 2.55. The highest BCUT2D eigenvalue weighted by Gasteiger charge is 2.31. The van der Waals surface area contributed by atoms with E-state index in [9.17, 15) is 4.79 Å². The van der Waals surface area contributed by atoms with Crippen LogP contribution < -0.4 is 10.9 Å². The maximum absolute atomic E-state index is 12.0. The van der Waals surface area contributed by atoms with Crippen molar-refractivity contribution in [2.45, 2.75) is 32.5 Å². The number of hydrogen-bond donors (Lipinski definition) is 1. The average Bonchev–Trinajstić information content (AvgIpc) is 3.08. The van der Waals surface area contributed by atoms with Crippen LogP contribution in [0.2, 0.25) is 0 Å². The molecule has 0 aliphatic carbocycles. The van der Waals surface area contributed by atoms with Gasteiger partial charge in [-0.05, 0) is 32.0 Å². The molecule has 0 bridgehead atoms. The van der Waals surface area contributed by atoms with Gasteiger partial charge in [0, 0.05) is 6.07 Å². The molecule has 1 aliphatic heterocycles. The lowest BCUT2D eigenvalue weighted by molar-refractivity contribution is 0.180. The van der Waals surface area contributed by atoms with Crippen molar-refractivity contribution in [1.29, 1.82) is 0 Å². The lowest BCUT2D eigenvalue weighted by Gasteiger charge is -2.20. The predicted octanol–water partition coefficient (Wildman–Crippen LogP) is 1.18. The quantitative estimate of drug-likeness (QED) is 0.915. The lowest BCUT2D eigenvalue weighted by atomic mass is 10.1. The maximum Gasteiger partial charge on any atom is 0.267 e. The number of furan rings is 1. The second kappa shape index (κ2) is 5.83. The molecule has 21 heavy (non-hydrogen) atoms. The standard InChI is InChI=1S/C15H19N3O3/c1-10-3-6-15(19)18(17-10)14-9-20-8-13(14)16-7-12-5-4-11(2)21-12/h3-6,13-14,16H,7-9H2,1-2H3. The van der Waals surface area contributed by atoms with Gasteiger partial charge in [-0.2, -0.15) is 5.10 Å². The Labute approximate surface area is 122 Å². The highest BCUT2D eigenvalue weighted by atomic mass is 16.5. The first kappa shape index (κ1) is 14.0. The van der Waals surface area contributed by atoms with Crippen molar-refractivity contribution in [3.63, 3.8) is 0 Å². The Morgan fingerprint density at radius 3 is 2.90 bits per heavy atom. The summed E-state index contributed by atoms with van der Waals surface area (Å²) in [5, 5.41) is 7.71. The third kappa shape index (κ3) is 3.06. The van der Waals surface area contributed by atoms with E-state index in [1.165, 1.54) is 4.68 Å². The van der Waals surface area contributed by atoms with Gasteiger partial charge in [-0.3, -0.25) is 4.79 Å². The molecule has 2 aromatic heterocycles. The fourth-order valence-corrected chi connectivity index (χ4v) is 2.55. The lowest BCUT2D eigenvalue weighted by Crippen LogP contribution is -2.41. The molecule has 2 aromatic rings. The molecular formula is C15H19N3O3. The minimum Gasteiger partial charge on any atom is -0.465 e. The summed E-state index contributed by atoms with van der Waals surface area (Å²) in [6.45, 7) is 5.46. The normalized spacial score (nSPS) is 21.8. The average molecular weight is 289 g/mol. The van der Waals surface area contributed by atoms with Crippen LogP contribution in [0.5, 0.6) is 0 Å². The second-order valence-corrected chi connectivity index (χ2v) is 5.36. The summed E-state index contributed by atoms with van der Waals surface area (Å²) in [7, 11) is 0. The summed E-state index contributed by atoms with van der Waals surface area (Å²) in [6, 6.07) is 7.11. The van der Waals surface area contributed by atoms with E-state index in [1.54, 1.807) is 12.1 Å². The van der Waals surface area contributed by atoms with Crippen LogP contribution >= 0.6 is 0 Å². The number of nitrogens with one attached hydrogen (secondary N) is 1. The molecule has 1 saturated heterocycles. The molecule has 2 atom stereocenters. The van der Waals surface area contributed by atoms with Gasteiger partial charge in [-0.1, -0.05) is 0 Å². The van der Waals surface area contributed by atoms with Crippen LogP contribution in [0.15, 0.2) is 33.5 Å². The van der Waals surface area contributed by atoms with Crippen molar-refractivity contribution in [3.8, 4) is 0 Å². The zero-order valence-electron chi connectivity index (χ0n) is 12.2. The molecule has 0 spiro atoms. The van der Waals surface area contributed by atoms with E-state index in [1.807, 2.05) is 26.0 Å². The van der Waals surface area contributed by atoms with E-state index in [2.05, 4.69) is 10.4 Å². The summed E-state index contributed by atoms with van der Waals surface area (Å²) in [5.41, 5.74) is 0.721. The van der Waals surface area contributed by atoms with E-state index in [0.29, 0.717) is 19.8 Å². The van der Waals surface area contributed by atoms with E-state index in [-0.39, 0.29) is 17.6 Å². The van der Waals surface area contributed by atoms with Gasteiger partial charge in [0.2, 0.25) is 0 Å². The number of ether oxygens (including phenoxy) is 1. The van der Waals surface area contributed by atoms with Gasteiger partial charge >= 0.3 is 0 Å². The molecule has 0 saturated carbocycles. The Bertz CT molecular complexity index is 677. The Morgan fingerprint density at radius 2 is 2.14 bits per heavy atom. The molecule has 3 heterocycles. The Hall–Kier alpha value is -1.92. The van der Waals surface area contributed by atoms with Crippen molar-refractivity contribution in [3.05, 3.63) is 51.8 Å². The monoisotopic (exact) mass is 289 g/mol. The SMILES string of the molecule is Cc1ccc(=O)n(C2COCC2NCc2ccc(C)o2)n1. The number of nitrogens with zero attached hydrogens (tertiary/aromatic N) is 2. The number of aryl methyl sites for hydroxylation is 2. The molecule has 2 unspecified atom stereocenters. The van der Waals surface area contributed by atoms with Crippen LogP contribution in [0.3, 0.4) is 0 Å². The molecule has 1 aliphatic rings. The van der Waals surface area contributed by atoms with Crippen molar-refractivity contribution in [1.82, 2.24) is 15.1 Å². The van der Waals surface area contributed by atoms with Gasteiger partial charge in [-0.25, -0.2) is 4.68 Å². The van der Waals surface area contributed by atoms with E-state index in [0.717, 1.165) is 17.2 Å². The van der Waals surface area contributed by atoms with Gasteiger partial charge in [0.15, 0.2) is 0 Å². The van der Waals surface area contributed by atoms with Crippen molar-refractivity contribution in [2.75, 3.05) is 13.2 Å². The number of aromatic nitrogens is 2. The Balaban J connectivity index is 1.73. The third-order valence-electron chi connectivity index (χ3n) is 3.66. The van der Waals surface area contributed by atoms with E-state index in [4.69, 9.17) is 9.15 Å². The largest absolute Gasteiger partial charge is 0.465 e. The zero-order valence-corrected chi connectivity index (χ0v) is 12.2. The van der Waals surface area contributed by atoms with E-state index < -0.39 is 0 Å². The molecule has 6 nitrogen and oxygen atoms in total. The van der Waals surface area contributed by atoms with Gasteiger partial charge < -0.3 is 14.5 Å². The van der Waals surface area contributed by atoms with Crippen LogP contribution in [0.25, 0.3) is 0 Å². The van der Waals surface area contributed by atoms with Gasteiger partial charge in [0.1, 0.15) is 11.5 Å². The molecular weight excluding hydrogens is 270 g/mol. The molecule has 6 heteroatoms. The van der Waals surface area contributed by atoms with Crippen LogP contribution in [0.1, 0.15) is 23.3 Å². The highest BCUT2D eigenvalue weighted by molar-refractivity contribution is 5.06. The molecule has 3 rings (SSSR count). The topological polar surface area (TPSA) is 69.3 Å². The van der Waals surface area contributed by atoms with Crippen LogP contribution in [0, 0.1) is 13.8 Å². The fraction of sp³-hybridized carbons (Fsp3) is 0.467. The number of hydrogen-bond acceptors (Lipinski definition) is 5. The highest BCUT2D eigenvalue weighted by Crippen LogP contribution is 2.18. The van der Waals surface area contributed by atoms with Crippen molar-refractivity contribution < 1.29 is 9.15 Å². The van der Waals surface area contributed by atoms with E-state index >= 15 is 0 Å². The molecule has 112 valence electrons. The van der Waals surface area contributed by atoms with Gasteiger partial charge in [-0.15, -0.1) is 0 Å². The minimum atomic E-state index is -0.100. The van der Waals surface area contributed by atoms with Crippen molar-refractivity contribution >= 4 is 0 Å². The molecule has 0 amide bonds. The second-order valence-electron chi connectivity index (χ2n) is 5.36. The van der Waals surface area contributed by atoms with Crippen LogP contribution in [-0.4, -0.2) is 29.0 Å². The molecule has 0 radical (unpaired) electrons.